The Balaban J connectivity index is 1.65. The SMILES string of the molecule is CC(=O)O[C@@H]1C2=C(C)[C@@H](O)C[C@](O)([C@@H]2C)[C@@H](OC(=O)c2ccccc2)[C@@H]2[C@]3(OC(C)=O)CO[C@@H]3C[C@@H]3OC(C)(C)O[C@H]1[C@]32C. The van der Waals surface area contributed by atoms with Crippen molar-refractivity contribution in [1.29, 1.82) is 0 Å². The maximum atomic E-state index is 13.9. The lowest BCUT2D eigenvalue weighted by Crippen LogP contribution is -2.83. The molecule has 0 amide bonds. The van der Waals surface area contributed by atoms with E-state index in [1.807, 2.05) is 6.92 Å². The Morgan fingerprint density at radius 2 is 1.66 bits per heavy atom. The molecule has 1 aromatic rings. The Bertz CT molecular complexity index is 1390. The lowest BCUT2D eigenvalue weighted by atomic mass is 9.46. The summed E-state index contributed by atoms with van der Waals surface area (Å²) in [7, 11) is 0. The highest BCUT2D eigenvalue weighted by Gasteiger charge is 2.78. The van der Waals surface area contributed by atoms with E-state index < -0.39 is 88.8 Å². The van der Waals surface area contributed by atoms with E-state index in [0.717, 1.165) is 0 Å². The average molecular weight is 615 g/mol. The van der Waals surface area contributed by atoms with Gasteiger partial charge in [-0.1, -0.05) is 32.0 Å². The van der Waals surface area contributed by atoms with Crippen LogP contribution in [0.3, 0.4) is 0 Å². The number of esters is 3. The molecule has 240 valence electrons. The second-order valence-electron chi connectivity index (χ2n) is 13.8. The van der Waals surface area contributed by atoms with Gasteiger partial charge in [-0.05, 0) is 44.1 Å². The molecule has 1 aromatic carbocycles. The molecule has 2 heterocycles. The third kappa shape index (κ3) is 4.46. The van der Waals surface area contributed by atoms with Crippen LogP contribution in [0.2, 0.25) is 0 Å². The molecule has 2 N–H and O–H groups in total. The van der Waals surface area contributed by atoms with Crippen molar-refractivity contribution in [1.82, 2.24) is 0 Å². The van der Waals surface area contributed by atoms with Crippen LogP contribution in [0, 0.1) is 17.3 Å². The molecule has 2 aliphatic heterocycles. The molecule has 4 fully saturated rings. The summed E-state index contributed by atoms with van der Waals surface area (Å²) in [5.41, 5.74) is -3.10. The van der Waals surface area contributed by atoms with Gasteiger partial charge in [0.2, 0.25) is 0 Å². The van der Waals surface area contributed by atoms with Crippen molar-refractivity contribution in [2.75, 3.05) is 6.61 Å². The minimum atomic E-state index is -1.89. The van der Waals surface area contributed by atoms with Crippen LogP contribution >= 0.6 is 0 Å². The monoisotopic (exact) mass is 614 g/mol. The Labute approximate surface area is 256 Å². The van der Waals surface area contributed by atoms with Gasteiger partial charge >= 0.3 is 17.9 Å². The average Bonchev–Trinajstić information content (AvgIpc) is 2.93. The first kappa shape index (κ1) is 31.2. The number of rotatable bonds is 4. The van der Waals surface area contributed by atoms with Crippen LogP contribution in [0.5, 0.6) is 0 Å². The molecule has 2 bridgehead atoms. The highest BCUT2D eigenvalue weighted by atomic mass is 16.7. The van der Waals surface area contributed by atoms with Gasteiger partial charge in [-0.2, -0.15) is 0 Å². The Morgan fingerprint density at radius 1 is 0.977 bits per heavy atom. The van der Waals surface area contributed by atoms with Crippen LogP contribution in [-0.4, -0.2) is 88.3 Å². The maximum Gasteiger partial charge on any atom is 0.338 e. The van der Waals surface area contributed by atoms with Crippen molar-refractivity contribution in [2.24, 2.45) is 17.3 Å². The summed E-state index contributed by atoms with van der Waals surface area (Å²) in [6, 6.07) is 8.41. The first-order chi connectivity index (χ1) is 20.5. The van der Waals surface area contributed by atoms with Gasteiger partial charge in [0, 0.05) is 38.0 Å². The quantitative estimate of drug-likeness (QED) is 0.293. The summed E-state index contributed by atoms with van der Waals surface area (Å²) in [5, 5.41) is 24.4. The fourth-order valence-electron chi connectivity index (χ4n) is 8.79. The molecule has 3 aliphatic carbocycles. The standard InChI is InChI=1S/C33H42O11/c1-16-21(36)14-32(38)17(2)24(16)25(40-18(3)34)27-31(7)22(43-30(5,6)44-27)13-23-33(15-39-23,42-19(4)35)26(31)28(32)41-29(37)20-11-9-8-10-12-20/h8-12,17,21-23,25-28,36,38H,13-15H2,1-7H3/t17-,21+,22+,23-,25-,26+,27-,28+,31-,32+,33+/m1/s1. The molecule has 0 aromatic heterocycles. The second-order valence-corrected chi connectivity index (χ2v) is 13.8. The van der Waals surface area contributed by atoms with Gasteiger partial charge in [0.15, 0.2) is 17.5 Å². The summed E-state index contributed by atoms with van der Waals surface area (Å²) < 4.78 is 37.9. The van der Waals surface area contributed by atoms with Gasteiger partial charge in [-0.15, -0.1) is 0 Å². The molecule has 0 spiro atoms. The van der Waals surface area contributed by atoms with Gasteiger partial charge in [-0.25, -0.2) is 4.79 Å². The van der Waals surface area contributed by atoms with Gasteiger partial charge in [0.25, 0.3) is 0 Å². The highest BCUT2D eigenvalue weighted by Crippen LogP contribution is 2.65. The van der Waals surface area contributed by atoms with Crippen LogP contribution in [0.1, 0.15) is 71.7 Å². The van der Waals surface area contributed by atoms with Crippen molar-refractivity contribution < 1.29 is 53.0 Å². The molecule has 2 saturated heterocycles. The third-order valence-corrected chi connectivity index (χ3v) is 10.8. The number of ether oxygens (including phenoxy) is 6. The summed E-state index contributed by atoms with van der Waals surface area (Å²) in [6.45, 7) is 11.5. The minimum absolute atomic E-state index is 0.0211. The molecule has 2 saturated carbocycles. The van der Waals surface area contributed by atoms with E-state index in [0.29, 0.717) is 17.6 Å². The fraction of sp³-hybridized carbons (Fsp3) is 0.667. The van der Waals surface area contributed by atoms with E-state index in [1.54, 1.807) is 58.0 Å². The fourth-order valence-corrected chi connectivity index (χ4v) is 8.79. The van der Waals surface area contributed by atoms with Crippen LogP contribution < -0.4 is 0 Å². The van der Waals surface area contributed by atoms with Gasteiger partial charge in [0.05, 0.1) is 30.3 Å². The molecule has 11 atom stereocenters. The Hall–Kier alpha value is -2.83. The number of benzene rings is 1. The Morgan fingerprint density at radius 3 is 2.25 bits per heavy atom. The molecular formula is C33H42O11. The number of carbonyl (C=O) groups excluding carboxylic acids is 3. The van der Waals surface area contributed by atoms with Gasteiger partial charge < -0.3 is 38.6 Å². The zero-order valence-electron chi connectivity index (χ0n) is 26.2. The molecule has 0 unspecified atom stereocenters. The lowest BCUT2D eigenvalue weighted by molar-refractivity contribution is -0.428. The normalized spacial score (nSPS) is 43.7. The van der Waals surface area contributed by atoms with Crippen molar-refractivity contribution in [3.8, 4) is 0 Å². The van der Waals surface area contributed by atoms with Crippen LogP contribution in [0.4, 0.5) is 0 Å². The van der Waals surface area contributed by atoms with Crippen LogP contribution in [0.25, 0.3) is 0 Å². The number of aliphatic hydroxyl groups is 2. The van der Waals surface area contributed by atoms with Crippen molar-refractivity contribution >= 4 is 17.9 Å². The zero-order chi connectivity index (χ0) is 32.0. The lowest BCUT2D eigenvalue weighted by Gasteiger charge is -2.70. The smallest absolute Gasteiger partial charge is 0.338 e. The first-order valence-electron chi connectivity index (χ1n) is 15.3. The number of hydrogen-bond acceptors (Lipinski definition) is 11. The highest BCUT2D eigenvalue weighted by molar-refractivity contribution is 5.89. The van der Waals surface area contributed by atoms with E-state index in [4.69, 9.17) is 28.4 Å². The Kier molecular flexibility index (Phi) is 7.33. The van der Waals surface area contributed by atoms with E-state index in [9.17, 15) is 24.6 Å². The topological polar surface area (TPSA) is 147 Å². The van der Waals surface area contributed by atoms with Gasteiger partial charge in [-0.3, -0.25) is 9.59 Å². The number of aliphatic hydroxyl groups excluding tert-OH is 1. The number of carbonyl (C=O) groups is 3. The molecule has 6 rings (SSSR count). The minimum Gasteiger partial charge on any atom is -0.455 e. The second kappa shape index (κ2) is 10.3. The molecular weight excluding hydrogens is 572 g/mol. The first-order valence-corrected chi connectivity index (χ1v) is 15.3. The predicted molar refractivity (Wildman–Crippen MR) is 153 cm³/mol. The number of fused-ring (bicyclic) bond motifs is 4. The van der Waals surface area contributed by atoms with Crippen molar-refractivity contribution in [2.45, 2.75) is 115 Å². The van der Waals surface area contributed by atoms with E-state index in [2.05, 4.69) is 0 Å². The maximum absolute atomic E-state index is 13.9. The van der Waals surface area contributed by atoms with Gasteiger partial charge in [0.1, 0.15) is 23.9 Å². The van der Waals surface area contributed by atoms with Crippen LogP contribution in [-0.2, 0) is 38.0 Å². The molecule has 11 heteroatoms. The van der Waals surface area contributed by atoms with Crippen molar-refractivity contribution in [3.63, 3.8) is 0 Å². The predicted octanol–water partition coefficient (Wildman–Crippen LogP) is 2.85. The van der Waals surface area contributed by atoms with Crippen molar-refractivity contribution in [3.05, 3.63) is 47.0 Å². The third-order valence-electron chi connectivity index (χ3n) is 10.8. The molecule has 11 nitrogen and oxygen atoms in total. The summed E-state index contributed by atoms with van der Waals surface area (Å²) in [4.78, 5) is 39.3. The number of hydrogen-bond donors (Lipinski definition) is 2. The molecule has 0 radical (unpaired) electrons. The zero-order valence-corrected chi connectivity index (χ0v) is 26.2. The summed E-state index contributed by atoms with van der Waals surface area (Å²) in [5.74, 6) is -4.72. The summed E-state index contributed by atoms with van der Waals surface area (Å²) in [6.07, 6.45) is -5.58. The molecule has 44 heavy (non-hydrogen) atoms. The van der Waals surface area contributed by atoms with Crippen LogP contribution in [0.15, 0.2) is 41.5 Å². The molecule has 5 aliphatic rings. The summed E-state index contributed by atoms with van der Waals surface area (Å²) >= 11 is 0. The van der Waals surface area contributed by atoms with E-state index in [1.165, 1.54) is 13.8 Å². The van der Waals surface area contributed by atoms with E-state index >= 15 is 0 Å². The largest absolute Gasteiger partial charge is 0.455 e. The van der Waals surface area contributed by atoms with E-state index in [-0.39, 0.29) is 18.6 Å².